The van der Waals surface area contributed by atoms with Crippen LogP contribution in [0.15, 0.2) is 24.4 Å². The number of alkyl halides is 1. The molecule has 2 atom stereocenters. The first-order valence-electron chi connectivity index (χ1n) is 12.6. The van der Waals surface area contributed by atoms with Crippen LogP contribution in [0.3, 0.4) is 0 Å². The molecule has 3 aromatic rings. The Morgan fingerprint density at radius 2 is 2.30 bits per heavy atom. The lowest BCUT2D eigenvalue weighted by molar-refractivity contribution is -0.133. The van der Waals surface area contributed by atoms with Crippen molar-refractivity contribution in [2.75, 3.05) is 13.1 Å². The highest BCUT2D eigenvalue weighted by atomic mass is 32.1. The number of rotatable bonds is 5. The van der Waals surface area contributed by atoms with Crippen LogP contribution in [0.2, 0.25) is 0 Å². The van der Waals surface area contributed by atoms with E-state index in [-0.39, 0.29) is 31.8 Å². The van der Waals surface area contributed by atoms with Gasteiger partial charge < -0.3 is 10.2 Å². The number of aromatic nitrogens is 4. The van der Waals surface area contributed by atoms with Gasteiger partial charge in [-0.15, -0.1) is 10.2 Å². The minimum absolute atomic E-state index is 0.0821. The van der Waals surface area contributed by atoms with Crippen molar-refractivity contribution >= 4 is 28.1 Å². The van der Waals surface area contributed by atoms with Crippen LogP contribution in [0, 0.1) is 6.92 Å². The fraction of sp³-hybridized carbons (Fsp3) is 0.476. The van der Waals surface area contributed by atoms with Crippen LogP contribution >= 0.6 is 11.3 Å². The van der Waals surface area contributed by atoms with Crippen molar-refractivity contribution in [1.29, 1.82) is 0 Å². The van der Waals surface area contributed by atoms with Gasteiger partial charge in [-0.25, -0.2) is 14.4 Å². The van der Waals surface area contributed by atoms with Crippen molar-refractivity contribution in [3.05, 3.63) is 35.2 Å². The van der Waals surface area contributed by atoms with Crippen molar-refractivity contribution in [3.63, 3.8) is 0 Å². The topological polar surface area (TPSA) is 83.9 Å². The van der Waals surface area contributed by atoms with E-state index in [4.69, 9.17) is 8.22 Å². The zero-order valence-electron chi connectivity index (χ0n) is 22.3. The number of likely N-dealkylation sites (tertiary alicyclic amines) is 1. The van der Waals surface area contributed by atoms with Gasteiger partial charge in [0, 0.05) is 44.0 Å². The van der Waals surface area contributed by atoms with Gasteiger partial charge in [0.05, 0.1) is 18.5 Å². The number of nitrogens with zero attached hydrogens (tertiary/aromatic N) is 5. The SMILES string of the molecule is [2H]C([2H])([2H])C(N[C@H]1CCN(C(=O)Cc2ncc3ccc(-c4nnc(C)s4)cc3n2)C[C@@H]1F)C([2H])([2H])[2H]. The molecule has 0 aliphatic carbocycles. The van der Waals surface area contributed by atoms with Crippen LogP contribution in [0.4, 0.5) is 4.39 Å². The Bertz CT molecular complexity index is 1240. The lowest BCUT2D eigenvalue weighted by Crippen LogP contribution is -2.54. The van der Waals surface area contributed by atoms with E-state index >= 15 is 0 Å². The molecule has 0 unspecified atom stereocenters. The van der Waals surface area contributed by atoms with Gasteiger partial charge in [0.2, 0.25) is 5.91 Å². The van der Waals surface area contributed by atoms with Gasteiger partial charge in [-0.3, -0.25) is 4.79 Å². The Balaban J connectivity index is 1.41. The third-order valence-electron chi connectivity index (χ3n) is 4.99. The maximum atomic E-state index is 14.9. The van der Waals surface area contributed by atoms with Crippen molar-refractivity contribution < 1.29 is 17.4 Å². The molecule has 3 heterocycles. The van der Waals surface area contributed by atoms with Crippen LogP contribution in [-0.2, 0) is 11.2 Å². The summed E-state index contributed by atoms with van der Waals surface area (Å²) < 4.78 is 59.8. The fourth-order valence-electron chi connectivity index (χ4n) is 3.47. The van der Waals surface area contributed by atoms with Gasteiger partial charge >= 0.3 is 0 Å². The Kier molecular flexibility index (Phi) is 4.19. The average Bonchev–Trinajstić information content (AvgIpc) is 3.22. The highest BCUT2D eigenvalue weighted by Gasteiger charge is 2.31. The number of fused-ring (bicyclic) bond motifs is 1. The summed E-state index contributed by atoms with van der Waals surface area (Å²) in [5, 5.41) is 13.0. The molecule has 0 spiro atoms. The van der Waals surface area contributed by atoms with E-state index in [9.17, 15) is 9.18 Å². The minimum atomic E-state index is -2.82. The summed E-state index contributed by atoms with van der Waals surface area (Å²) >= 11 is 1.46. The molecule has 1 fully saturated rings. The largest absolute Gasteiger partial charge is 0.339 e. The summed E-state index contributed by atoms with van der Waals surface area (Å²) in [6.45, 7) is -3.90. The number of hydrogen-bond acceptors (Lipinski definition) is 7. The van der Waals surface area contributed by atoms with E-state index in [0.717, 1.165) is 21.0 Å². The molecule has 1 aromatic carbocycles. The highest BCUT2D eigenvalue weighted by molar-refractivity contribution is 7.14. The van der Waals surface area contributed by atoms with Gasteiger partial charge in [0.25, 0.3) is 0 Å². The van der Waals surface area contributed by atoms with Crippen LogP contribution in [-0.4, -0.2) is 62.3 Å². The first-order chi connectivity index (χ1) is 16.8. The summed E-state index contributed by atoms with van der Waals surface area (Å²) in [5.74, 6) is -0.0758. The predicted octanol–water partition coefficient (Wildman–Crippen LogP) is 2.94. The molecule has 0 bridgehead atoms. The Morgan fingerprint density at radius 1 is 1.43 bits per heavy atom. The summed E-state index contributed by atoms with van der Waals surface area (Å²) in [5.41, 5.74) is 1.50. The molecule has 1 aliphatic heterocycles. The van der Waals surface area contributed by atoms with Crippen molar-refractivity contribution in [2.24, 2.45) is 0 Å². The van der Waals surface area contributed by atoms with Crippen LogP contribution in [0.5, 0.6) is 0 Å². The number of carbonyl (C=O) groups excluding carboxylic acids is 1. The molecule has 0 saturated carbocycles. The van der Waals surface area contributed by atoms with Gasteiger partial charge in [0.15, 0.2) is 0 Å². The zero-order chi connectivity index (χ0) is 26.3. The average molecular weight is 435 g/mol. The molecule has 1 saturated heterocycles. The quantitative estimate of drug-likeness (QED) is 0.665. The standard InChI is InChI=1S/C21H25FN6OS/c1-12(2)24-17-6-7-28(11-16(17)22)20(29)9-19-23-10-15-5-4-14(8-18(15)25-19)21-27-26-13(3)30-21/h4-5,8,10,12,16-17,24H,6-7,9,11H2,1-3H3/t16-,17-/m0/s1/i1D3,2D3. The molecular weight excluding hydrogens is 403 g/mol. The van der Waals surface area contributed by atoms with Crippen molar-refractivity contribution in [1.82, 2.24) is 30.4 Å². The molecule has 158 valence electrons. The Labute approximate surface area is 187 Å². The molecule has 0 radical (unpaired) electrons. The monoisotopic (exact) mass is 434 g/mol. The summed E-state index contributed by atoms with van der Waals surface area (Å²) in [7, 11) is 0. The van der Waals surface area contributed by atoms with E-state index in [2.05, 4.69) is 25.5 Å². The summed E-state index contributed by atoms with van der Waals surface area (Å²) in [4.78, 5) is 22.9. The second-order valence-corrected chi connectivity index (χ2v) is 8.40. The van der Waals surface area contributed by atoms with Crippen molar-refractivity contribution in [3.8, 4) is 10.6 Å². The van der Waals surface area contributed by atoms with Gasteiger partial charge in [-0.1, -0.05) is 37.2 Å². The van der Waals surface area contributed by atoms with Gasteiger partial charge in [0.1, 0.15) is 22.0 Å². The molecule has 7 nitrogen and oxygen atoms in total. The Hall–Kier alpha value is -2.52. The number of hydrogen-bond donors (Lipinski definition) is 1. The molecule has 1 amide bonds. The molecule has 2 aromatic heterocycles. The molecule has 1 N–H and O–H groups in total. The van der Waals surface area contributed by atoms with E-state index < -0.39 is 32.0 Å². The first-order valence-corrected chi connectivity index (χ1v) is 10.4. The van der Waals surface area contributed by atoms with Crippen LogP contribution in [0.1, 0.15) is 39.2 Å². The van der Waals surface area contributed by atoms with E-state index in [0.29, 0.717) is 11.3 Å². The minimum Gasteiger partial charge on any atom is -0.339 e. The maximum absolute atomic E-state index is 14.9. The normalized spacial score (nSPS) is 23.4. The second-order valence-electron chi connectivity index (χ2n) is 7.21. The van der Waals surface area contributed by atoms with Gasteiger partial charge in [-0.2, -0.15) is 0 Å². The Morgan fingerprint density at radius 3 is 3.03 bits per heavy atom. The maximum Gasteiger partial charge on any atom is 0.230 e. The zero-order valence-corrected chi connectivity index (χ0v) is 17.1. The number of halogens is 1. The molecule has 9 heteroatoms. The van der Waals surface area contributed by atoms with Crippen molar-refractivity contribution in [2.45, 2.75) is 51.7 Å². The number of nitrogens with one attached hydrogen (secondary N) is 1. The molecule has 30 heavy (non-hydrogen) atoms. The van der Waals surface area contributed by atoms with E-state index in [1.165, 1.54) is 16.2 Å². The molecular formula is C21H25FN6OS. The predicted molar refractivity (Wildman–Crippen MR) is 115 cm³/mol. The molecule has 4 rings (SSSR count). The van der Waals surface area contributed by atoms with Crippen LogP contribution in [0.25, 0.3) is 21.5 Å². The number of aryl methyl sites for hydroxylation is 1. The summed E-state index contributed by atoms with van der Waals surface area (Å²) in [6, 6.07) is 2.78. The van der Waals surface area contributed by atoms with E-state index in [1.54, 1.807) is 6.20 Å². The summed E-state index contributed by atoms with van der Waals surface area (Å²) in [6.07, 6.45) is -0.0439. The van der Waals surface area contributed by atoms with Gasteiger partial charge in [-0.05, 0) is 19.4 Å². The number of amides is 1. The fourth-order valence-corrected chi connectivity index (χ4v) is 4.16. The third kappa shape index (κ3) is 4.62. The number of piperidine rings is 1. The second kappa shape index (κ2) is 8.69. The lowest BCUT2D eigenvalue weighted by atomic mass is 10.0. The number of benzene rings is 1. The number of carbonyl (C=O) groups is 1. The van der Waals surface area contributed by atoms with Crippen LogP contribution < -0.4 is 5.32 Å². The lowest BCUT2D eigenvalue weighted by Gasteiger charge is -2.36. The first kappa shape index (κ1) is 14.5. The smallest absolute Gasteiger partial charge is 0.230 e. The highest BCUT2D eigenvalue weighted by Crippen LogP contribution is 2.26. The van der Waals surface area contributed by atoms with E-state index in [1.807, 2.05) is 25.1 Å². The third-order valence-corrected chi connectivity index (χ3v) is 5.88. The molecule has 1 aliphatic rings.